The van der Waals surface area contributed by atoms with Crippen molar-refractivity contribution in [3.05, 3.63) is 51.4 Å². The predicted octanol–water partition coefficient (Wildman–Crippen LogP) is 2.50. The number of benzene rings is 1. The number of aromatic nitrogens is 2. The molecule has 0 radical (unpaired) electrons. The minimum absolute atomic E-state index is 0.00910. The van der Waals surface area contributed by atoms with E-state index in [0.29, 0.717) is 22.2 Å². The van der Waals surface area contributed by atoms with E-state index in [-0.39, 0.29) is 17.1 Å². The Morgan fingerprint density at radius 1 is 1.36 bits per heavy atom. The molecule has 7 heteroatoms. The third kappa shape index (κ3) is 3.20. The van der Waals surface area contributed by atoms with E-state index in [1.807, 2.05) is 0 Å². The molecule has 0 fully saturated rings. The molecule has 3 rings (SSSR count). The van der Waals surface area contributed by atoms with Crippen LogP contribution < -0.4 is 10.3 Å². The molecule has 1 N–H and O–H groups in total. The van der Waals surface area contributed by atoms with Gasteiger partial charge >= 0.3 is 0 Å². The number of nitrogens with zero attached hydrogens (tertiary/aromatic N) is 1. The van der Waals surface area contributed by atoms with Crippen molar-refractivity contribution in [2.75, 3.05) is 12.9 Å². The first-order valence-corrected chi connectivity index (χ1v) is 8.81. The summed E-state index contributed by atoms with van der Waals surface area (Å²) in [6.45, 7) is 0. The molecular weight excluding hydrogens is 320 g/mol. The maximum Gasteiger partial charge on any atom is 0.255 e. The van der Waals surface area contributed by atoms with E-state index in [9.17, 15) is 9.59 Å². The number of ketones is 1. The van der Waals surface area contributed by atoms with Crippen molar-refractivity contribution in [3.63, 3.8) is 0 Å². The maximum atomic E-state index is 12.2. The van der Waals surface area contributed by atoms with Crippen LogP contribution in [0.1, 0.15) is 21.6 Å². The van der Waals surface area contributed by atoms with Crippen LogP contribution in [0.25, 0.3) is 0 Å². The van der Waals surface area contributed by atoms with Crippen LogP contribution in [0.5, 0.6) is 5.75 Å². The first-order chi connectivity index (χ1) is 10.7. The summed E-state index contributed by atoms with van der Waals surface area (Å²) in [4.78, 5) is 31.2. The van der Waals surface area contributed by atoms with Gasteiger partial charge in [0.2, 0.25) is 0 Å². The molecule has 0 amide bonds. The second-order valence-electron chi connectivity index (χ2n) is 4.73. The number of carbonyl (C=O) groups excluding carboxylic acids is 1. The van der Waals surface area contributed by atoms with Gasteiger partial charge in [-0.25, -0.2) is 4.98 Å². The lowest BCUT2D eigenvalue weighted by Gasteiger charge is -2.04. The van der Waals surface area contributed by atoms with E-state index in [1.165, 1.54) is 11.8 Å². The molecule has 1 aromatic carbocycles. The summed E-state index contributed by atoms with van der Waals surface area (Å²) < 4.78 is 5.07. The Balaban J connectivity index is 1.68. The number of fused-ring (bicyclic) bond motifs is 1. The summed E-state index contributed by atoms with van der Waals surface area (Å²) >= 11 is 2.94. The minimum atomic E-state index is -0.0885. The van der Waals surface area contributed by atoms with Crippen molar-refractivity contribution in [1.29, 1.82) is 0 Å². The molecule has 22 heavy (non-hydrogen) atoms. The molecule has 1 aliphatic rings. The summed E-state index contributed by atoms with van der Waals surface area (Å²) in [5.74, 6) is 2.42. The number of hydrogen-bond donors (Lipinski definition) is 1. The number of carbonyl (C=O) groups is 1. The number of thioether (sulfide) groups is 2. The first-order valence-electron chi connectivity index (χ1n) is 6.67. The molecule has 0 saturated heterocycles. The van der Waals surface area contributed by atoms with Crippen LogP contribution in [0.15, 0.2) is 34.2 Å². The van der Waals surface area contributed by atoms with Crippen molar-refractivity contribution in [1.82, 2.24) is 9.97 Å². The van der Waals surface area contributed by atoms with Crippen LogP contribution in [0.2, 0.25) is 0 Å². The molecule has 114 valence electrons. The van der Waals surface area contributed by atoms with Crippen molar-refractivity contribution in [2.45, 2.75) is 16.7 Å². The van der Waals surface area contributed by atoms with Gasteiger partial charge < -0.3 is 9.72 Å². The van der Waals surface area contributed by atoms with E-state index in [1.54, 1.807) is 43.1 Å². The van der Waals surface area contributed by atoms with Crippen LogP contribution >= 0.6 is 23.5 Å². The Hall–Kier alpha value is -1.73. The number of hydrogen-bond acceptors (Lipinski definition) is 6. The number of aromatic amines is 1. The van der Waals surface area contributed by atoms with Gasteiger partial charge in [0.05, 0.1) is 18.6 Å². The average Bonchev–Trinajstić information content (AvgIpc) is 3.02. The largest absolute Gasteiger partial charge is 0.497 e. The number of methoxy groups -OCH3 is 1. The van der Waals surface area contributed by atoms with Crippen LogP contribution in [-0.4, -0.2) is 28.6 Å². The number of nitrogens with one attached hydrogen (secondary N) is 1. The molecule has 2 heterocycles. The zero-order valence-corrected chi connectivity index (χ0v) is 13.6. The van der Waals surface area contributed by atoms with Crippen LogP contribution in [0.4, 0.5) is 0 Å². The van der Waals surface area contributed by atoms with Gasteiger partial charge in [0.1, 0.15) is 5.75 Å². The molecule has 0 unspecified atom stereocenters. The second kappa shape index (κ2) is 6.58. The first kappa shape index (κ1) is 15.2. The van der Waals surface area contributed by atoms with Crippen molar-refractivity contribution >= 4 is 29.3 Å². The molecule has 5 nitrogen and oxygen atoms in total. The Bertz CT molecular complexity index is 756. The van der Waals surface area contributed by atoms with Gasteiger partial charge in [-0.1, -0.05) is 11.8 Å². The monoisotopic (exact) mass is 334 g/mol. The second-order valence-corrected chi connectivity index (χ2v) is 6.68. The third-order valence-corrected chi connectivity index (χ3v) is 5.16. The number of rotatable bonds is 5. The molecule has 1 aliphatic heterocycles. The van der Waals surface area contributed by atoms with Gasteiger partial charge in [-0.15, -0.1) is 0 Å². The highest BCUT2D eigenvalue weighted by Crippen LogP contribution is 2.26. The lowest BCUT2D eigenvalue weighted by Crippen LogP contribution is -2.15. The van der Waals surface area contributed by atoms with Crippen LogP contribution in [-0.2, 0) is 11.5 Å². The lowest BCUT2D eigenvalue weighted by molar-refractivity contribution is 0.102. The average molecular weight is 334 g/mol. The number of Topliss-reactive ketones (excluding diaryl/α,β-unsaturated/α-hetero) is 1. The van der Waals surface area contributed by atoms with Gasteiger partial charge in [-0.05, 0) is 24.3 Å². The summed E-state index contributed by atoms with van der Waals surface area (Å²) in [7, 11) is 1.58. The fourth-order valence-corrected chi connectivity index (χ4v) is 3.91. The fraction of sp³-hybridized carbons (Fsp3) is 0.267. The minimum Gasteiger partial charge on any atom is -0.497 e. The van der Waals surface area contributed by atoms with E-state index >= 15 is 0 Å². The van der Waals surface area contributed by atoms with Crippen molar-refractivity contribution < 1.29 is 9.53 Å². The lowest BCUT2D eigenvalue weighted by atomic mass is 10.1. The molecular formula is C15H14N2O3S2. The molecule has 0 aliphatic carbocycles. The molecule has 0 atom stereocenters. The Labute approximate surface area is 135 Å². The van der Waals surface area contributed by atoms with Crippen LogP contribution in [0.3, 0.4) is 0 Å². The van der Waals surface area contributed by atoms with Gasteiger partial charge in [0.25, 0.3) is 5.56 Å². The normalized spacial score (nSPS) is 13.0. The van der Waals surface area contributed by atoms with E-state index in [0.717, 1.165) is 17.0 Å². The van der Waals surface area contributed by atoms with E-state index < -0.39 is 0 Å². The zero-order valence-electron chi connectivity index (χ0n) is 11.9. The van der Waals surface area contributed by atoms with Gasteiger partial charge in [-0.2, -0.15) is 11.8 Å². The molecule has 0 spiro atoms. The zero-order chi connectivity index (χ0) is 15.5. The van der Waals surface area contributed by atoms with Gasteiger partial charge in [-0.3, -0.25) is 9.59 Å². The summed E-state index contributed by atoms with van der Waals surface area (Å²) in [6, 6.07) is 6.98. The smallest absolute Gasteiger partial charge is 0.255 e. The maximum absolute atomic E-state index is 12.2. The Morgan fingerprint density at radius 2 is 2.14 bits per heavy atom. The van der Waals surface area contributed by atoms with E-state index in [4.69, 9.17) is 4.74 Å². The third-order valence-electron chi connectivity index (χ3n) is 3.32. The molecule has 0 bridgehead atoms. The summed E-state index contributed by atoms with van der Waals surface area (Å²) in [5.41, 5.74) is 2.13. The van der Waals surface area contributed by atoms with Gasteiger partial charge in [0, 0.05) is 22.6 Å². The summed E-state index contributed by atoms with van der Waals surface area (Å²) in [6.07, 6.45) is 0. The quantitative estimate of drug-likeness (QED) is 0.514. The van der Waals surface area contributed by atoms with Crippen LogP contribution in [0, 0.1) is 0 Å². The highest BCUT2D eigenvalue weighted by Gasteiger charge is 2.18. The highest BCUT2D eigenvalue weighted by molar-refractivity contribution is 7.99. The predicted molar refractivity (Wildman–Crippen MR) is 87.9 cm³/mol. The highest BCUT2D eigenvalue weighted by atomic mass is 32.2. The molecule has 1 aromatic heterocycles. The SMILES string of the molecule is COc1ccc(C(=O)CSc2nc3c(c(=O)[nH]2)CSC3)cc1. The van der Waals surface area contributed by atoms with E-state index in [2.05, 4.69) is 9.97 Å². The number of ether oxygens (including phenoxy) is 1. The summed E-state index contributed by atoms with van der Waals surface area (Å²) in [5, 5.41) is 0.508. The molecule has 0 saturated carbocycles. The van der Waals surface area contributed by atoms with Crippen molar-refractivity contribution in [3.8, 4) is 5.75 Å². The fourth-order valence-electron chi connectivity index (χ4n) is 2.10. The standard InChI is InChI=1S/C15H14N2O3S2/c1-20-10-4-2-9(3-5-10)13(18)8-22-15-16-12-7-21-6-11(12)14(19)17-15/h2-5H,6-8H2,1H3,(H,16,17,19). The Morgan fingerprint density at radius 3 is 2.86 bits per heavy atom. The topological polar surface area (TPSA) is 72.0 Å². The molecule has 2 aromatic rings. The van der Waals surface area contributed by atoms with Crippen molar-refractivity contribution in [2.24, 2.45) is 0 Å². The number of H-pyrrole nitrogens is 1. The van der Waals surface area contributed by atoms with Gasteiger partial charge in [0.15, 0.2) is 10.9 Å². The Kier molecular flexibility index (Phi) is 4.54.